The van der Waals surface area contributed by atoms with Gasteiger partial charge in [-0.05, 0) is 31.4 Å². The predicted molar refractivity (Wildman–Crippen MR) is 81.0 cm³/mol. The monoisotopic (exact) mass is 282 g/mol. The number of carbonyl (C=O) groups excluding carboxylic acids is 1. The number of para-hydroxylation sites is 1. The Bertz CT molecular complexity index is 678. The van der Waals surface area contributed by atoms with Crippen molar-refractivity contribution in [3.63, 3.8) is 0 Å². The molecule has 0 bridgehead atoms. The highest BCUT2D eigenvalue weighted by atomic mass is 16.2. The van der Waals surface area contributed by atoms with Gasteiger partial charge in [0.15, 0.2) is 0 Å². The van der Waals surface area contributed by atoms with Gasteiger partial charge in [0.25, 0.3) is 0 Å². The summed E-state index contributed by atoms with van der Waals surface area (Å²) in [5.41, 5.74) is 0.952. The smallest absolute Gasteiger partial charge is 0.225 e. The van der Waals surface area contributed by atoms with E-state index in [1.54, 1.807) is 6.33 Å². The van der Waals surface area contributed by atoms with Crippen LogP contribution in [0.2, 0.25) is 0 Å². The van der Waals surface area contributed by atoms with E-state index in [9.17, 15) is 4.79 Å². The van der Waals surface area contributed by atoms with Gasteiger partial charge in [-0.3, -0.25) is 4.79 Å². The van der Waals surface area contributed by atoms with E-state index in [0.29, 0.717) is 6.04 Å². The minimum atomic E-state index is 0.0827. The molecule has 1 atom stereocenters. The lowest BCUT2D eigenvalue weighted by Crippen LogP contribution is -2.34. The standard InChI is InChI=1S/C16H18N4O/c21-16(19-12-5-6-12)11-7-8-20(9-11)15-13-3-1-2-4-14(13)17-10-18-15/h1-4,10-12H,5-9H2,(H,19,21). The first-order valence-corrected chi connectivity index (χ1v) is 7.56. The number of nitrogens with one attached hydrogen (secondary N) is 1. The summed E-state index contributed by atoms with van der Waals surface area (Å²) < 4.78 is 0. The topological polar surface area (TPSA) is 58.1 Å². The highest BCUT2D eigenvalue weighted by molar-refractivity contribution is 5.90. The summed E-state index contributed by atoms with van der Waals surface area (Å²) in [5.74, 6) is 1.24. The molecule has 2 heterocycles. The van der Waals surface area contributed by atoms with Crippen LogP contribution in [0.4, 0.5) is 5.82 Å². The van der Waals surface area contributed by atoms with Crippen molar-refractivity contribution in [2.24, 2.45) is 5.92 Å². The molecule has 1 unspecified atom stereocenters. The van der Waals surface area contributed by atoms with Gasteiger partial charge in [-0.2, -0.15) is 0 Å². The number of nitrogens with zero attached hydrogens (tertiary/aromatic N) is 3. The SMILES string of the molecule is O=C(NC1CC1)C1CCN(c2ncnc3ccccc23)C1. The number of hydrogen-bond acceptors (Lipinski definition) is 4. The molecular formula is C16H18N4O. The number of fused-ring (bicyclic) bond motifs is 1. The van der Waals surface area contributed by atoms with Crippen LogP contribution in [0.15, 0.2) is 30.6 Å². The molecule has 0 spiro atoms. The van der Waals surface area contributed by atoms with E-state index in [1.165, 1.54) is 0 Å². The number of aromatic nitrogens is 2. The van der Waals surface area contributed by atoms with E-state index < -0.39 is 0 Å². The largest absolute Gasteiger partial charge is 0.355 e. The molecule has 1 aromatic carbocycles. The van der Waals surface area contributed by atoms with Crippen LogP contribution >= 0.6 is 0 Å². The van der Waals surface area contributed by atoms with Crippen molar-refractivity contribution in [1.29, 1.82) is 0 Å². The summed E-state index contributed by atoms with van der Waals surface area (Å²) in [6.07, 6.45) is 4.78. The van der Waals surface area contributed by atoms with Crippen LogP contribution in [0.5, 0.6) is 0 Å². The third kappa shape index (κ3) is 2.44. The highest BCUT2D eigenvalue weighted by Crippen LogP contribution is 2.28. The zero-order valence-electron chi connectivity index (χ0n) is 11.8. The van der Waals surface area contributed by atoms with E-state index >= 15 is 0 Å². The van der Waals surface area contributed by atoms with Gasteiger partial charge in [0.2, 0.25) is 5.91 Å². The van der Waals surface area contributed by atoms with Crippen LogP contribution in [0.1, 0.15) is 19.3 Å². The minimum Gasteiger partial charge on any atom is -0.355 e. The maximum atomic E-state index is 12.2. The predicted octanol–water partition coefficient (Wildman–Crippen LogP) is 1.73. The number of hydrogen-bond donors (Lipinski definition) is 1. The molecule has 2 fully saturated rings. The van der Waals surface area contributed by atoms with Gasteiger partial charge in [-0.15, -0.1) is 0 Å². The second-order valence-corrected chi connectivity index (χ2v) is 5.93. The Hall–Kier alpha value is -2.17. The Morgan fingerprint density at radius 2 is 2.05 bits per heavy atom. The Labute approximate surface area is 123 Å². The molecule has 1 saturated carbocycles. The van der Waals surface area contributed by atoms with Gasteiger partial charge in [0.05, 0.1) is 11.4 Å². The van der Waals surface area contributed by atoms with Gasteiger partial charge >= 0.3 is 0 Å². The van der Waals surface area contributed by atoms with Gasteiger partial charge in [-0.25, -0.2) is 9.97 Å². The van der Waals surface area contributed by atoms with Crippen LogP contribution in [0, 0.1) is 5.92 Å². The van der Waals surface area contributed by atoms with Gasteiger partial charge < -0.3 is 10.2 Å². The first kappa shape index (κ1) is 12.6. The number of carbonyl (C=O) groups is 1. The van der Waals surface area contributed by atoms with Crippen molar-refractivity contribution in [2.75, 3.05) is 18.0 Å². The summed E-state index contributed by atoms with van der Waals surface area (Å²) in [5, 5.41) is 4.17. The lowest BCUT2D eigenvalue weighted by molar-refractivity contribution is -0.124. The first-order valence-electron chi connectivity index (χ1n) is 7.56. The normalized spacial score (nSPS) is 21.7. The maximum absolute atomic E-state index is 12.2. The molecule has 108 valence electrons. The average Bonchev–Trinajstić information content (AvgIpc) is 3.19. The minimum absolute atomic E-state index is 0.0827. The van der Waals surface area contributed by atoms with Crippen molar-refractivity contribution in [3.05, 3.63) is 30.6 Å². The number of rotatable bonds is 3. The second-order valence-electron chi connectivity index (χ2n) is 5.93. The molecular weight excluding hydrogens is 264 g/mol. The maximum Gasteiger partial charge on any atom is 0.225 e. The third-order valence-corrected chi connectivity index (χ3v) is 4.30. The quantitative estimate of drug-likeness (QED) is 0.931. The van der Waals surface area contributed by atoms with E-state index in [1.807, 2.05) is 24.3 Å². The molecule has 5 heteroatoms. The number of benzene rings is 1. The molecule has 2 aliphatic rings. The second kappa shape index (κ2) is 4.98. The molecule has 1 N–H and O–H groups in total. The van der Waals surface area contributed by atoms with Crippen LogP contribution in [-0.2, 0) is 4.79 Å². The molecule has 1 aromatic heterocycles. The molecule has 4 rings (SSSR count). The Balaban J connectivity index is 1.55. The van der Waals surface area contributed by atoms with Gasteiger partial charge in [0.1, 0.15) is 12.1 Å². The highest BCUT2D eigenvalue weighted by Gasteiger charge is 2.33. The lowest BCUT2D eigenvalue weighted by Gasteiger charge is -2.18. The van der Waals surface area contributed by atoms with Crippen molar-refractivity contribution >= 4 is 22.6 Å². The third-order valence-electron chi connectivity index (χ3n) is 4.30. The summed E-state index contributed by atoms with van der Waals surface area (Å²) >= 11 is 0. The van der Waals surface area contributed by atoms with Crippen molar-refractivity contribution in [2.45, 2.75) is 25.3 Å². The molecule has 1 aliphatic heterocycles. The molecule has 21 heavy (non-hydrogen) atoms. The summed E-state index contributed by atoms with van der Waals surface area (Å²) in [6.45, 7) is 1.63. The van der Waals surface area contributed by atoms with Gasteiger partial charge in [-0.1, -0.05) is 12.1 Å². The fourth-order valence-electron chi connectivity index (χ4n) is 2.96. The fraction of sp³-hybridized carbons (Fsp3) is 0.438. The Morgan fingerprint density at radius 3 is 2.90 bits per heavy atom. The summed E-state index contributed by atoms with van der Waals surface area (Å²) in [4.78, 5) is 23.1. The van der Waals surface area contributed by atoms with Gasteiger partial charge in [0, 0.05) is 24.5 Å². The Kier molecular flexibility index (Phi) is 2.98. The van der Waals surface area contributed by atoms with Crippen molar-refractivity contribution in [3.8, 4) is 0 Å². The summed E-state index contributed by atoms with van der Waals surface area (Å²) in [6, 6.07) is 8.46. The first-order chi connectivity index (χ1) is 10.3. The van der Waals surface area contributed by atoms with Crippen molar-refractivity contribution in [1.82, 2.24) is 15.3 Å². The zero-order chi connectivity index (χ0) is 14.2. The van der Waals surface area contributed by atoms with E-state index in [-0.39, 0.29) is 11.8 Å². The molecule has 1 saturated heterocycles. The molecule has 0 radical (unpaired) electrons. The van der Waals surface area contributed by atoms with Crippen molar-refractivity contribution < 1.29 is 4.79 Å². The average molecular weight is 282 g/mol. The van der Waals surface area contributed by atoms with E-state index in [0.717, 1.165) is 49.1 Å². The van der Waals surface area contributed by atoms with E-state index in [2.05, 4.69) is 20.2 Å². The van der Waals surface area contributed by atoms with Crippen LogP contribution < -0.4 is 10.2 Å². The fourth-order valence-corrected chi connectivity index (χ4v) is 2.96. The molecule has 2 aromatic rings. The number of amides is 1. The Morgan fingerprint density at radius 1 is 1.19 bits per heavy atom. The van der Waals surface area contributed by atoms with Crippen LogP contribution in [0.3, 0.4) is 0 Å². The molecule has 5 nitrogen and oxygen atoms in total. The molecule has 1 aliphatic carbocycles. The summed E-state index contributed by atoms with van der Waals surface area (Å²) in [7, 11) is 0. The number of anilines is 1. The van der Waals surface area contributed by atoms with Crippen LogP contribution in [-0.4, -0.2) is 35.0 Å². The lowest BCUT2D eigenvalue weighted by atomic mass is 10.1. The van der Waals surface area contributed by atoms with E-state index in [4.69, 9.17) is 0 Å². The zero-order valence-corrected chi connectivity index (χ0v) is 11.8. The molecule has 1 amide bonds. The van der Waals surface area contributed by atoms with Crippen LogP contribution in [0.25, 0.3) is 10.9 Å².